The predicted octanol–water partition coefficient (Wildman–Crippen LogP) is 0.956. The Balaban J connectivity index is 1.44. The first-order valence-electron chi connectivity index (χ1n) is 10.3. The second-order valence-electron chi connectivity index (χ2n) is 7.87. The Morgan fingerprint density at radius 2 is 1.14 bits per heavy atom. The molecule has 0 N–H and O–H groups in total. The topological polar surface area (TPSA) is 87.2 Å². The molecule has 0 unspecified atom stereocenters. The van der Waals surface area contributed by atoms with Crippen LogP contribution in [-0.2, 0) is 24.8 Å². The van der Waals surface area contributed by atoms with Crippen LogP contribution in [0.1, 0.15) is 25.7 Å². The Labute approximate surface area is 173 Å². The van der Waals surface area contributed by atoms with Gasteiger partial charge in [0.25, 0.3) is 0 Å². The summed E-state index contributed by atoms with van der Waals surface area (Å²) in [5.74, 6) is 0. The molecule has 3 fully saturated rings. The molecule has 3 saturated heterocycles. The first-order chi connectivity index (χ1) is 13.9. The Hall–Kier alpha value is -1.04. The van der Waals surface area contributed by atoms with Crippen molar-refractivity contribution in [2.75, 3.05) is 52.5 Å². The molecular weight excluding hydrogens is 414 g/mol. The lowest BCUT2D eigenvalue weighted by molar-refractivity contribution is 0.0730. The number of piperidine rings is 1. The molecule has 3 aliphatic rings. The first kappa shape index (κ1) is 21.2. The second-order valence-corrected chi connectivity index (χ2v) is 11.7. The number of rotatable bonds is 5. The molecule has 162 valence electrons. The van der Waals surface area contributed by atoms with E-state index in [2.05, 4.69) is 4.90 Å². The van der Waals surface area contributed by atoms with Gasteiger partial charge < -0.3 is 9.64 Å². The zero-order chi connectivity index (χ0) is 20.5. The lowest BCUT2D eigenvalue weighted by Crippen LogP contribution is -2.45. The summed E-state index contributed by atoms with van der Waals surface area (Å²) >= 11 is 0. The monoisotopic (exact) mass is 443 g/mol. The van der Waals surface area contributed by atoms with Gasteiger partial charge in [-0.25, -0.2) is 16.8 Å². The molecule has 0 bridgehead atoms. The molecule has 0 atom stereocenters. The summed E-state index contributed by atoms with van der Waals surface area (Å²) < 4.78 is 59.6. The van der Waals surface area contributed by atoms with Gasteiger partial charge in [0, 0.05) is 32.2 Å². The number of hydrogen-bond acceptors (Lipinski definition) is 6. The Bertz CT molecular complexity index is 898. The summed E-state index contributed by atoms with van der Waals surface area (Å²) in [5, 5.41) is 0. The van der Waals surface area contributed by atoms with Crippen molar-refractivity contribution in [3.05, 3.63) is 24.3 Å². The molecule has 0 spiro atoms. The van der Waals surface area contributed by atoms with Gasteiger partial charge in [-0.15, -0.1) is 0 Å². The van der Waals surface area contributed by atoms with Gasteiger partial charge in [0.15, 0.2) is 0 Å². The van der Waals surface area contributed by atoms with Crippen LogP contribution in [-0.4, -0.2) is 88.9 Å². The van der Waals surface area contributed by atoms with Gasteiger partial charge in [0.1, 0.15) is 0 Å². The highest BCUT2D eigenvalue weighted by molar-refractivity contribution is 7.89. The summed E-state index contributed by atoms with van der Waals surface area (Å²) in [6, 6.07) is 6.10. The zero-order valence-electron chi connectivity index (χ0n) is 16.6. The second kappa shape index (κ2) is 8.60. The number of morpholine rings is 1. The number of likely N-dealkylation sites (tertiary alicyclic amines) is 1. The van der Waals surface area contributed by atoms with Crippen LogP contribution < -0.4 is 0 Å². The third kappa shape index (κ3) is 4.38. The van der Waals surface area contributed by atoms with Crippen LogP contribution in [0.4, 0.5) is 0 Å². The highest BCUT2D eigenvalue weighted by atomic mass is 32.2. The molecule has 1 aromatic carbocycles. The summed E-state index contributed by atoms with van der Waals surface area (Å²) in [6.45, 7) is 4.64. The fourth-order valence-electron chi connectivity index (χ4n) is 4.42. The maximum atomic E-state index is 13.0. The van der Waals surface area contributed by atoms with Crippen molar-refractivity contribution in [2.24, 2.45) is 0 Å². The van der Waals surface area contributed by atoms with Gasteiger partial charge >= 0.3 is 0 Å². The van der Waals surface area contributed by atoms with Crippen LogP contribution in [0.5, 0.6) is 0 Å². The van der Waals surface area contributed by atoms with Crippen LogP contribution in [0, 0.1) is 0 Å². The Morgan fingerprint density at radius 3 is 1.62 bits per heavy atom. The third-order valence-corrected chi connectivity index (χ3v) is 9.98. The fourth-order valence-corrected chi connectivity index (χ4v) is 7.30. The van der Waals surface area contributed by atoms with E-state index < -0.39 is 20.0 Å². The van der Waals surface area contributed by atoms with Crippen LogP contribution in [0.25, 0.3) is 0 Å². The van der Waals surface area contributed by atoms with Crippen LogP contribution in [0.2, 0.25) is 0 Å². The zero-order valence-corrected chi connectivity index (χ0v) is 18.2. The minimum Gasteiger partial charge on any atom is -0.379 e. The predicted molar refractivity (Wildman–Crippen MR) is 109 cm³/mol. The average Bonchev–Trinajstić information content (AvgIpc) is 3.29. The van der Waals surface area contributed by atoms with Crippen molar-refractivity contribution < 1.29 is 21.6 Å². The molecule has 29 heavy (non-hydrogen) atoms. The van der Waals surface area contributed by atoms with E-state index in [9.17, 15) is 16.8 Å². The maximum Gasteiger partial charge on any atom is 0.243 e. The maximum absolute atomic E-state index is 13.0. The van der Waals surface area contributed by atoms with Crippen LogP contribution in [0.15, 0.2) is 34.1 Å². The minimum absolute atomic E-state index is 0.117. The Kier molecular flexibility index (Phi) is 6.29. The SMILES string of the molecule is O=S(=O)(c1ccc(S(=O)(=O)N2CCC(N3CCCC3)CC2)cc1)N1CCOCC1. The molecule has 3 aliphatic heterocycles. The van der Waals surface area contributed by atoms with E-state index in [1.54, 1.807) is 0 Å². The van der Waals surface area contributed by atoms with E-state index in [-0.39, 0.29) is 9.79 Å². The largest absolute Gasteiger partial charge is 0.379 e. The van der Waals surface area contributed by atoms with E-state index in [4.69, 9.17) is 4.74 Å². The van der Waals surface area contributed by atoms with Gasteiger partial charge in [0.2, 0.25) is 20.0 Å². The molecule has 0 aliphatic carbocycles. The minimum atomic E-state index is -3.63. The van der Waals surface area contributed by atoms with Crippen LogP contribution >= 0.6 is 0 Å². The number of ether oxygens (including phenoxy) is 1. The Morgan fingerprint density at radius 1 is 0.690 bits per heavy atom. The molecule has 8 nitrogen and oxygen atoms in total. The molecule has 10 heteroatoms. The molecule has 0 saturated carbocycles. The van der Waals surface area contributed by atoms with Gasteiger partial charge in [-0.2, -0.15) is 8.61 Å². The quantitative estimate of drug-likeness (QED) is 0.674. The lowest BCUT2D eigenvalue weighted by atomic mass is 10.1. The van der Waals surface area contributed by atoms with Crippen molar-refractivity contribution in [2.45, 2.75) is 41.5 Å². The molecule has 4 rings (SSSR count). The average molecular weight is 444 g/mol. The molecule has 0 aromatic heterocycles. The van der Waals surface area contributed by atoms with E-state index in [1.807, 2.05) is 0 Å². The van der Waals surface area contributed by atoms with Gasteiger partial charge in [-0.05, 0) is 63.0 Å². The van der Waals surface area contributed by atoms with Gasteiger partial charge in [0.05, 0.1) is 23.0 Å². The standard InChI is InChI=1S/C19H29N3O5S2/c23-28(24,21-11-7-17(8-12-21)20-9-1-2-10-20)18-3-5-19(6-4-18)29(25,26)22-13-15-27-16-14-22/h3-6,17H,1-2,7-16H2. The lowest BCUT2D eigenvalue weighted by Gasteiger charge is -2.36. The van der Waals surface area contributed by atoms with E-state index in [0.29, 0.717) is 45.4 Å². The fraction of sp³-hybridized carbons (Fsp3) is 0.684. The molecule has 1 aromatic rings. The highest BCUT2D eigenvalue weighted by Gasteiger charge is 2.33. The smallest absolute Gasteiger partial charge is 0.243 e. The van der Waals surface area contributed by atoms with Gasteiger partial charge in [-0.3, -0.25) is 0 Å². The summed E-state index contributed by atoms with van der Waals surface area (Å²) in [6.07, 6.45) is 4.17. The highest BCUT2D eigenvalue weighted by Crippen LogP contribution is 2.26. The van der Waals surface area contributed by atoms with E-state index in [1.165, 1.54) is 45.7 Å². The molecule has 0 amide bonds. The summed E-state index contributed by atoms with van der Waals surface area (Å²) in [5.41, 5.74) is 0. The summed E-state index contributed by atoms with van der Waals surface area (Å²) in [4.78, 5) is 2.75. The van der Waals surface area contributed by atoms with Crippen LogP contribution in [0.3, 0.4) is 0 Å². The van der Waals surface area contributed by atoms with Crippen molar-refractivity contribution >= 4 is 20.0 Å². The van der Waals surface area contributed by atoms with E-state index >= 15 is 0 Å². The third-order valence-electron chi connectivity index (χ3n) is 6.15. The number of nitrogens with zero attached hydrogens (tertiary/aromatic N) is 3. The molecular formula is C19H29N3O5S2. The summed E-state index contributed by atoms with van der Waals surface area (Å²) in [7, 11) is -7.24. The van der Waals surface area contributed by atoms with Crippen molar-refractivity contribution in [3.63, 3.8) is 0 Å². The number of hydrogen-bond donors (Lipinski definition) is 0. The normalized spacial score (nSPS) is 24.1. The number of benzene rings is 1. The van der Waals surface area contributed by atoms with E-state index in [0.717, 1.165) is 25.9 Å². The van der Waals surface area contributed by atoms with Crippen molar-refractivity contribution in [1.29, 1.82) is 0 Å². The first-order valence-corrected chi connectivity index (χ1v) is 13.2. The van der Waals surface area contributed by atoms with Gasteiger partial charge in [-0.1, -0.05) is 0 Å². The van der Waals surface area contributed by atoms with Crippen molar-refractivity contribution in [1.82, 2.24) is 13.5 Å². The van der Waals surface area contributed by atoms with Crippen molar-refractivity contribution in [3.8, 4) is 0 Å². The molecule has 3 heterocycles. The molecule has 0 radical (unpaired) electrons. The number of sulfonamides is 2.